The van der Waals surface area contributed by atoms with E-state index in [2.05, 4.69) is 18.2 Å². The minimum atomic E-state index is -0.760. The third-order valence-electron chi connectivity index (χ3n) is 3.06. The van der Waals surface area contributed by atoms with Crippen molar-refractivity contribution in [3.63, 3.8) is 0 Å². The average molecular weight is 237 g/mol. The number of aliphatic hydroxyl groups is 1. The molecule has 3 N–H and O–H groups in total. The van der Waals surface area contributed by atoms with E-state index in [1.54, 1.807) is 18.7 Å². The molecular weight excluding hydrogens is 218 g/mol. The zero-order valence-electron chi connectivity index (χ0n) is 9.70. The van der Waals surface area contributed by atoms with Gasteiger partial charge in [-0.2, -0.15) is 0 Å². The van der Waals surface area contributed by atoms with E-state index in [9.17, 15) is 5.11 Å². The molecule has 0 bridgehead atoms. The van der Waals surface area contributed by atoms with Crippen molar-refractivity contribution in [2.24, 2.45) is 5.73 Å². The molecular formula is C13H19NOS. The lowest BCUT2D eigenvalue weighted by Gasteiger charge is -2.20. The number of hydrogen-bond acceptors (Lipinski definition) is 3. The number of thioether (sulfide) groups is 1. The Bertz CT molecular complexity index is 376. The molecule has 3 heteroatoms. The number of nitrogens with two attached hydrogens (primary N) is 1. The molecule has 1 aliphatic rings. The second kappa shape index (κ2) is 4.78. The van der Waals surface area contributed by atoms with Crippen LogP contribution in [0.1, 0.15) is 24.5 Å². The fourth-order valence-electron chi connectivity index (χ4n) is 1.94. The third kappa shape index (κ3) is 2.78. The minimum absolute atomic E-state index is 0.310. The maximum atomic E-state index is 9.83. The Labute approximate surface area is 101 Å². The van der Waals surface area contributed by atoms with Crippen LogP contribution in [0.2, 0.25) is 0 Å². The van der Waals surface area contributed by atoms with Gasteiger partial charge in [-0.05, 0) is 49.4 Å². The zero-order chi connectivity index (χ0) is 11.6. The molecule has 1 aliphatic carbocycles. The molecule has 16 heavy (non-hydrogen) atoms. The highest BCUT2D eigenvalue weighted by Crippen LogP contribution is 2.28. The molecule has 1 aromatic carbocycles. The first-order valence-electron chi connectivity index (χ1n) is 5.78. The predicted molar refractivity (Wildman–Crippen MR) is 68.9 cm³/mol. The fraction of sp³-hybridized carbons (Fsp3) is 0.538. The van der Waals surface area contributed by atoms with Crippen LogP contribution in [0.5, 0.6) is 0 Å². The van der Waals surface area contributed by atoms with Crippen LogP contribution in [-0.4, -0.2) is 23.0 Å². The molecule has 0 spiro atoms. The lowest BCUT2D eigenvalue weighted by Crippen LogP contribution is -2.36. The highest BCUT2D eigenvalue weighted by Gasteiger charge is 2.18. The first-order valence-corrected chi connectivity index (χ1v) is 6.76. The third-order valence-corrected chi connectivity index (χ3v) is 4.41. The van der Waals surface area contributed by atoms with Gasteiger partial charge in [0.2, 0.25) is 0 Å². The Morgan fingerprint density at radius 3 is 2.88 bits per heavy atom. The Kier molecular flexibility index (Phi) is 3.57. The first kappa shape index (κ1) is 12.0. The standard InChI is InChI=1S/C13H19NOS/c1-13(15,8-14)9-16-12-6-5-10-3-2-4-11(10)7-12/h5-7,15H,2-4,8-9,14H2,1H3. The Balaban J connectivity index is 2.00. The summed E-state index contributed by atoms with van der Waals surface area (Å²) in [7, 11) is 0. The second-order valence-corrected chi connectivity index (χ2v) is 5.82. The van der Waals surface area contributed by atoms with Crippen molar-refractivity contribution in [1.82, 2.24) is 0 Å². The Morgan fingerprint density at radius 1 is 1.38 bits per heavy atom. The topological polar surface area (TPSA) is 46.2 Å². The molecule has 0 saturated carbocycles. The Morgan fingerprint density at radius 2 is 2.12 bits per heavy atom. The summed E-state index contributed by atoms with van der Waals surface area (Å²) in [5.41, 5.74) is 7.72. The molecule has 0 fully saturated rings. The van der Waals surface area contributed by atoms with Crippen molar-refractivity contribution >= 4 is 11.8 Å². The number of hydrogen-bond donors (Lipinski definition) is 2. The van der Waals surface area contributed by atoms with Crippen LogP contribution in [0.25, 0.3) is 0 Å². The SMILES string of the molecule is CC(O)(CN)CSc1ccc2c(c1)CCC2. The van der Waals surface area contributed by atoms with Crippen LogP contribution < -0.4 is 5.73 Å². The van der Waals surface area contributed by atoms with Crippen LogP contribution in [0.3, 0.4) is 0 Å². The van der Waals surface area contributed by atoms with Gasteiger partial charge in [0, 0.05) is 17.2 Å². The van der Waals surface area contributed by atoms with Crippen LogP contribution in [0.15, 0.2) is 23.1 Å². The molecule has 0 amide bonds. The summed E-state index contributed by atoms with van der Waals surface area (Å²) in [5, 5.41) is 9.83. The quantitative estimate of drug-likeness (QED) is 0.787. The van der Waals surface area contributed by atoms with Gasteiger partial charge in [-0.15, -0.1) is 11.8 Å². The van der Waals surface area contributed by atoms with E-state index in [1.165, 1.54) is 35.3 Å². The van der Waals surface area contributed by atoms with Crippen LogP contribution in [-0.2, 0) is 12.8 Å². The number of benzene rings is 1. The lowest BCUT2D eigenvalue weighted by molar-refractivity contribution is 0.0949. The molecule has 0 aliphatic heterocycles. The largest absolute Gasteiger partial charge is 0.388 e. The van der Waals surface area contributed by atoms with Gasteiger partial charge in [-0.1, -0.05) is 6.07 Å². The summed E-state index contributed by atoms with van der Waals surface area (Å²) in [6.07, 6.45) is 3.71. The Hall–Kier alpha value is -0.510. The zero-order valence-corrected chi connectivity index (χ0v) is 10.5. The minimum Gasteiger partial charge on any atom is -0.388 e. The normalized spacial score (nSPS) is 18.2. The van der Waals surface area contributed by atoms with E-state index in [-0.39, 0.29) is 0 Å². The monoisotopic (exact) mass is 237 g/mol. The van der Waals surface area contributed by atoms with E-state index in [4.69, 9.17) is 5.73 Å². The first-order chi connectivity index (χ1) is 7.61. The van der Waals surface area contributed by atoms with Crippen LogP contribution >= 0.6 is 11.8 Å². The lowest BCUT2D eigenvalue weighted by atomic mass is 10.1. The highest BCUT2D eigenvalue weighted by atomic mass is 32.2. The van der Waals surface area contributed by atoms with Gasteiger partial charge in [0.1, 0.15) is 0 Å². The maximum absolute atomic E-state index is 9.83. The van der Waals surface area contributed by atoms with Crippen molar-refractivity contribution in [2.45, 2.75) is 36.7 Å². The summed E-state index contributed by atoms with van der Waals surface area (Å²) in [6, 6.07) is 6.64. The molecule has 2 nitrogen and oxygen atoms in total. The van der Waals surface area contributed by atoms with E-state index in [0.29, 0.717) is 12.3 Å². The fourth-order valence-corrected chi connectivity index (χ4v) is 2.92. The summed E-state index contributed by atoms with van der Waals surface area (Å²) in [4.78, 5) is 1.24. The van der Waals surface area contributed by atoms with E-state index in [1.807, 2.05) is 0 Å². The number of fused-ring (bicyclic) bond motifs is 1. The smallest absolute Gasteiger partial charge is 0.0834 e. The predicted octanol–water partition coefficient (Wildman–Crippen LogP) is 1.98. The van der Waals surface area contributed by atoms with Crippen molar-refractivity contribution in [3.8, 4) is 0 Å². The highest BCUT2D eigenvalue weighted by molar-refractivity contribution is 7.99. The summed E-state index contributed by atoms with van der Waals surface area (Å²) in [5.74, 6) is 0.655. The second-order valence-electron chi connectivity index (χ2n) is 4.77. The van der Waals surface area contributed by atoms with Gasteiger partial charge >= 0.3 is 0 Å². The number of aryl methyl sites for hydroxylation is 2. The van der Waals surface area contributed by atoms with Crippen LogP contribution in [0.4, 0.5) is 0 Å². The molecule has 88 valence electrons. The molecule has 0 aromatic heterocycles. The molecule has 0 radical (unpaired) electrons. The number of rotatable bonds is 4. The van der Waals surface area contributed by atoms with Crippen molar-refractivity contribution in [3.05, 3.63) is 29.3 Å². The van der Waals surface area contributed by atoms with Crippen LogP contribution in [0, 0.1) is 0 Å². The van der Waals surface area contributed by atoms with Gasteiger partial charge in [0.25, 0.3) is 0 Å². The van der Waals surface area contributed by atoms with Gasteiger partial charge in [0.15, 0.2) is 0 Å². The van der Waals surface area contributed by atoms with E-state index in [0.717, 1.165) is 0 Å². The van der Waals surface area contributed by atoms with Gasteiger partial charge in [-0.3, -0.25) is 0 Å². The summed E-state index contributed by atoms with van der Waals surface area (Å²) in [6.45, 7) is 2.10. The van der Waals surface area contributed by atoms with E-state index < -0.39 is 5.60 Å². The summed E-state index contributed by atoms with van der Waals surface area (Å²) >= 11 is 1.69. The summed E-state index contributed by atoms with van der Waals surface area (Å²) < 4.78 is 0. The van der Waals surface area contributed by atoms with E-state index >= 15 is 0 Å². The molecule has 2 rings (SSSR count). The van der Waals surface area contributed by atoms with Crippen molar-refractivity contribution < 1.29 is 5.11 Å². The molecule has 1 unspecified atom stereocenters. The average Bonchev–Trinajstić information content (AvgIpc) is 2.73. The molecule has 0 saturated heterocycles. The van der Waals surface area contributed by atoms with Crippen molar-refractivity contribution in [1.29, 1.82) is 0 Å². The van der Waals surface area contributed by atoms with Gasteiger partial charge < -0.3 is 10.8 Å². The van der Waals surface area contributed by atoms with Crippen molar-refractivity contribution in [2.75, 3.05) is 12.3 Å². The molecule has 1 aromatic rings. The maximum Gasteiger partial charge on any atom is 0.0834 e. The molecule has 0 heterocycles. The van der Waals surface area contributed by atoms with Gasteiger partial charge in [-0.25, -0.2) is 0 Å². The molecule has 1 atom stereocenters. The van der Waals surface area contributed by atoms with Gasteiger partial charge in [0.05, 0.1) is 5.60 Å².